The normalized spacial score (nSPS) is 15.0. The molecule has 1 aromatic rings. The summed E-state index contributed by atoms with van der Waals surface area (Å²) in [6, 6.07) is 3.48. The number of carbonyl (C=O) groups excluding carboxylic acids is 2. The molecule has 8 nitrogen and oxygen atoms in total. The van der Waals surface area contributed by atoms with Gasteiger partial charge in [0.15, 0.2) is 11.7 Å². The van der Waals surface area contributed by atoms with E-state index in [-0.39, 0.29) is 48.4 Å². The van der Waals surface area contributed by atoms with Crippen LogP contribution in [-0.2, 0) is 4.79 Å². The SMILES string of the molecule is CN=C(NCC(=O)NC(C)C)N1CCN(C(=O)c2ccco2)CC1.I. The van der Waals surface area contributed by atoms with Crippen molar-refractivity contribution < 1.29 is 14.0 Å². The zero-order chi connectivity index (χ0) is 17.5. The van der Waals surface area contributed by atoms with E-state index in [1.807, 2.05) is 18.7 Å². The molecule has 2 heterocycles. The maximum atomic E-state index is 12.2. The first kappa shape index (κ1) is 21.3. The molecule has 1 saturated heterocycles. The van der Waals surface area contributed by atoms with Crippen LogP contribution < -0.4 is 10.6 Å². The summed E-state index contributed by atoms with van der Waals surface area (Å²) in [4.78, 5) is 32.0. The number of hydrogen-bond donors (Lipinski definition) is 2. The molecule has 1 fully saturated rings. The van der Waals surface area contributed by atoms with Crippen LogP contribution in [0.2, 0.25) is 0 Å². The summed E-state index contributed by atoms with van der Waals surface area (Å²) in [6.07, 6.45) is 1.50. The second-order valence-corrected chi connectivity index (χ2v) is 5.88. The lowest BCUT2D eigenvalue weighted by atomic mass is 10.3. The van der Waals surface area contributed by atoms with Gasteiger partial charge >= 0.3 is 0 Å². The van der Waals surface area contributed by atoms with Gasteiger partial charge in [-0.05, 0) is 26.0 Å². The van der Waals surface area contributed by atoms with Crippen LogP contribution in [0.15, 0.2) is 27.8 Å². The maximum Gasteiger partial charge on any atom is 0.289 e. The van der Waals surface area contributed by atoms with Crippen LogP contribution in [-0.4, -0.2) is 73.4 Å². The number of carbonyl (C=O) groups is 2. The van der Waals surface area contributed by atoms with Gasteiger partial charge < -0.3 is 24.9 Å². The van der Waals surface area contributed by atoms with Crippen LogP contribution in [0.25, 0.3) is 0 Å². The molecule has 25 heavy (non-hydrogen) atoms. The number of hydrogen-bond acceptors (Lipinski definition) is 4. The van der Waals surface area contributed by atoms with Gasteiger partial charge in [-0.25, -0.2) is 0 Å². The van der Waals surface area contributed by atoms with Crippen molar-refractivity contribution in [3.05, 3.63) is 24.2 Å². The molecule has 1 aliphatic heterocycles. The molecular formula is C16H26IN5O3. The minimum atomic E-state index is -0.0982. The quantitative estimate of drug-likeness (QED) is 0.391. The van der Waals surface area contributed by atoms with Crippen molar-refractivity contribution in [1.82, 2.24) is 20.4 Å². The zero-order valence-corrected chi connectivity index (χ0v) is 17.1. The van der Waals surface area contributed by atoms with E-state index in [1.54, 1.807) is 24.1 Å². The Morgan fingerprint density at radius 2 is 1.88 bits per heavy atom. The average molecular weight is 463 g/mol. The topological polar surface area (TPSA) is 90.2 Å². The summed E-state index contributed by atoms with van der Waals surface area (Å²) in [6.45, 7) is 6.48. The second kappa shape index (κ2) is 10.3. The van der Waals surface area contributed by atoms with Crippen LogP contribution in [0.4, 0.5) is 0 Å². The number of nitrogens with zero attached hydrogens (tertiary/aromatic N) is 3. The van der Waals surface area contributed by atoms with Crippen molar-refractivity contribution in [3.8, 4) is 0 Å². The highest BCUT2D eigenvalue weighted by molar-refractivity contribution is 14.0. The maximum absolute atomic E-state index is 12.2. The van der Waals surface area contributed by atoms with E-state index in [1.165, 1.54) is 6.26 Å². The largest absolute Gasteiger partial charge is 0.459 e. The van der Waals surface area contributed by atoms with Crippen molar-refractivity contribution in [2.45, 2.75) is 19.9 Å². The predicted octanol–water partition coefficient (Wildman–Crippen LogP) is 0.755. The lowest BCUT2D eigenvalue weighted by molar-refractivity contribution is -0.120. The number of halogens is 1. The van der Waals surface area contributed by atoms with E-state index in [2.05, 4.69) is 15.6 Å². The smallest absolute Gasteiger partial charge is 0.289 e. The first-order valence-electron chi connectivity index (χ1n) is 8.09. The number of guanidine groups is 1. The number of furan rings is 1. The van der Waals surface area contributed by atoms with Crippen LogP contribution in [0.5, 0.6) is 0 Å². The molecule has 0 unspecified atom stereocenters. The summed E-state index contributed by atoms with van der Waals surface area (Å²) < 4.78 is 5.16. The Morgan fingerprint density at radius 1 is 1.24 bits per heavy atom. The molecule has 140 valence electrons. The third-order valence-electron chi connectivity index (χ3n) is 3.67. The summed E-state index contributed by atoms with van der Waals surface area (Å²) in [5.41, 5.74) is 0. The summed E-state index contributed by atoms with van der Waals surface area (Å²) in [5.74, 6) is 0.854. The Hall–Kier alpha value is -1.78. The van der Waals surface area contributed by atoms with Crippen molar-refractivity contribution in [2.75, 3.05) is 39.8 Å². The summed E-state index contributed by atoms with van der Waals surface area (Å²) in [7, 11) is 1.68. The Morgan fingerprint density at radius 3 is 2.40 bits per heavy atom. The Kier molecular flexibility index (Phi) is 8.73. The minimum absolute atomic E-state index is 0. The first-order valence-corrected chi connectivity index (χ1v) is 8.09. The van der Waals surface area contributed by atoms with Crippen LogP contribution in [0.3, 0.4) is 0 Å². The van der Waals surface area contributed by atoms with Crippen molar-refractivity contribution in [1.29, 1.82) is 0 Å². The molecule has 2 amide bonds. The molecule has 0 aliphatic carbocycles. The monoisotopic (exact) mass is 463 g/mol. The molecule has 9 heteroatoms. The average Bonchev–Trinajstić information content (AvgIpc) is 3.09. The van der Waals surface area contributed by atoms with Crippen LogP contribution in [0.1, 0.15) is 24.4 Å². The van der Waals surface area contributed by atoms with Crippen LogP contribution in [0, 0.1) is 0 Å². The van der Waals surface area contributed by atoms with E-state index < -0.39 is 0 Å². The molecule has 0 radical (unpaired) electrons. The van der Waals surface area contributed by atoms with Gasteiger partial charge in [0.2, 0.25) is 5.91 Å². The minimum Gasteiger partial charge on any atom is -0.459 e. The molecule has 0 bridgehead atoms. The molecule has 1 aliphatic rings. The third kappa shape index (κ3) is 6.22. The van der Waals surface area contributed by atoms with Gasteiger partial charge in [0.25, 0.3) is 5.91 Å². The third-order valence-corrected chi connectivity index (χ3v) is 3.67. The molecule has 0 saturated carbocycles. The van der Waals surface area contributed by atoms with Gasteiger partial charge in [-0.3, -0.25) is 14.6 Å². The van der Waals surface area contributed by atoms with Crippen molar-refractivity contribution >= 4 is 41.8 Å². The molecule has 0 atom stereocenters. The second-order valence-electron chi connectivity index (χ2n) is 5.88. The number of piperazine rings is 1. The lowest BCUT2D eigenvalue weighted by Crippen LogP contribution is -2.54. The van der Waals surface area contributed by atoms with Gasteiger partial charge in [0.1, 0.15) is 0 Å². The predicted molar refractivity (Wildman–Crippen MR) is 106 cm³/mol. The van der Waals surface area contributed by atoms with Gasteiger partial charge in [-0.2, -0.15) is 0 Å². The van der Waals surface area contributed by atoms with Gasteiger partial charge in [0, 0.05) is 39.3 Å². The Balaban J connectivity index is 0.00000312. The van der Waals surface area contributed by atoms with E-state index >= 15 is 0 Å². The Bertz CT molecular complexity index is 581. The molecule has 2 rings (SSSR count). The fourth-order valence-corrected chi connectivity index (χ4v) is 2.54. The molecular weight excluding hydrogens is 437 g/mol. The highest BCUT2D eigenvalue weighted by atomic mass is 127. The van der Waals surface area contributed by atoms with Gasteiger partial charge in [-0.15, -0.1) is 24.0 Å². The zero-order valence-electron chi connectivity index (χ0n) is 14.8. The highest BCUT2D eigenvalue weighted by Gasteiger charge is 2.25. The van der Waals surface area contributed by atoms with E-state index in [4.69, 9.17) is 4.42 Å². The van der Waals surface area contributed by atoms with E-state index in [0.29, 0.717) is 37.9 Å². The lowest BCUT2D eigenvalue weighted by Gasteiger charge is -2.36. The number of nitrogens with one attached hydrogen (secondary N) is 2. The van der Waals surface area contributed by atoms with Crippen LogP contribution >= 0.6 is 24.0 Å². The molecule has 0 spiro atoms. The molecule has 0 aromatic carbocycles. The fraction of sp³-hybridized carbons (Fsp3) is 0.562. The highest BCUT2D eigenvalue weighted by Crippen LogP contribution is 2.09. The number of amides is 2. The standard InChI is InChI=1S/C16H25N5O3.HI/c1-12(2)19-14(22)11-18-16(17-3)21-8-6-20(7-9-21)15(23)13-5-4-10-24-13;/h4-5,10,12H,6-9,11H2,1-3H3,(H,17,18)(H,19,22);1H. The van der Waals surface area contributed by atoms with E-state index in [0.717, 1.165) is 0 Å². The summed E-state index contributed by atoms with van der Waals surface area (Å²) >= 11 is 0. The van der Waals surface area contributed by atoms with E-state index in [9.17, 15) is 9.59 Å². The first-order chi connectivity index (χ1) is 11.5. The van der Waals surface area contributed by atoms with Crippen molar-refractivity contribution in [2.24, 2.45) is 4.99 Å². The number of aliphatic imine (C=N–C) groups is 1. The van der Waals surface area contributed by atoms with Crippen molar-refractivity contribution in [3.63, 3.8) is 0 Å². The fourth-order valence-electron chi connectivity index (χ4n) is 2.54. The molecule has 2 N–H and O–H groups in total. The summed E-state index contributed by atoms with van der Waals surface area (Å²) in [5, 5.41) is 5.88. The van der Waals surface area contributed by atoms with Gasteiger partial charge in [0.05, 0.1) is 12.8 Å². The Labute approximate surface area is 165 Å². The van der Waals surface area contributed by atoms with Gasteiger partial charge in [-0.1, -0.05) is 0 Å². The number of rotatable bonds is 4. The molecule has 1 aromatic heterocycles.